The highest BCUT2D eigenvalue weighted by Gasteiger charge is 2.32. The van der Waals surface area contributed by atoms with Crippen LogP contribution in [-0.2, 0) is 0 Å². The van der Waals surface area contributed by atoms with Crippen LogP contribution in [0.1, 0.15) is 25.7 Å². The van der Waals surface area contributed by atoms with E-state index in [1.807, 2.05) is 11.8 Å². The van der Waals surface area contributed by atoms with E-state index in [1.165, 1.54) is 40.8 Å². The summed E-state index contributed by atoms with van der Waals surface area (Å²) in [6.45, 7) is 0. The molecular formula is C13H16Br2S. The number of rotatable bonds is 4. The van der Waals surface area contributed by atoms with Crippen LogP contribution < -0.4 is 0 Å². The van der Waals surface area contributed by atoms with Gasteiger partial charge in [0.25, 0.3) is 0 Å². The van der Waals surface area contributed by atoms with Gasteiger partial charge in [-0.1, -0.05) is 50.8 Å². The molecule has 1 aliphatic carbocycles. The van der Waals surface area contributed by atoms with Gasteiger partial charge in [-0.3, -0.25) is 0 Å². The van der Waals surface area contributed by atoms with Gasteiger partial charge < -0.3 is 0 Å². The highest BCUT2D eigenvalue weighted by Crippen LogP contribution is 2.43. The molecule has 0 amide bonds. The van der Waals surface area contributed by atoms with Crippen molar-refractivity contribution < 1.29 is 0 Å². The quantitative estimate of drug-likeness (QED) is 0.503. The molecule has 0 aliphatic heterocycles. The summed E-state index contributed by atoms with van der Waals surface area (Å²) in [5.74, 6) is 1.24. The normalized spacial score (nSPS) is 18.9. The Morgan fingerprint density at radius 2 is 2.00 bits per heavy atom. The van der Waals surface area contributed by atoms with Crippen LogP contribution in [0, 0.1) is 5.41 Å². The molecule has 2 rings (SSSR count). The fourth-order valence-electron chi connectivity index (χ4n) is 2.23. The molecule has 0 saturated heterocycles. The molecule has 1 fully saturated rings. The van der Waals surface area contributed by atoms with Crippen LogP contribution in [0.2, 0.25) is 0 Å². The van der Waals surface area contributed by atoms with Gasteiger partial charge in [0.05, 0.1) is 0 Å². The molecule has 3 heteroatoms. The van der Waals surface area contributed by atoms with E-state index in [2.05, 4.69) is 56.1 Å². The summed E-state index contributed by atoms with van der Waals surface area (Å²) in [5.41, 5.74) is 0.549. The van der Waals surface area contributed by atoms with Crippen molar-refractivity contribution in [3.8, 4) is 0 Å². The van der Waals surface area contributed by atoms with Crippen molar-refractivity contribution in [3.05, 3.63) is 28.7 Å². The summed E-state index contributed by atoms with van der Waals surface area (Å²) in [6.07, 6.45) is 5.59. The predicted molar refractivity (Wildman–Crippen MR) is 79.6 cm³/mol. The maximum atomic E-state index is 3.70. The molecule has 0 N–H and O–H groups in total. The van der Waals surface area contributed by atoms with E-state index >= 15 is 0 Å². The van der Waals surface area contributed by atoms with Crippen LogP contribution in [0.15, 0.2) is 33.6 Å². The van der Waals surface area contributed by atoms with Gasteiger partial charge in [-0.2, -0.15) is 0 Å². The van der Waals surface area contributed by atoms with E-state index in [0.717, 1.165) is 5.33 Å². The summed E-state index contributed by atoms with van der Waals surface area (Å²) in [5, 5.41) is 1.15. The maximum Gasteiger partial charge on any atom is 0.0186 e. The zero-order chi connectivity index (χ0) is 11.4. The van der Waals surface area contributed by atoms with Crippen LogP contribution in [0.5, 0.6) is 0 Å². The molecule has 16 heavy (non-hydrogen) atoms. The monoisotopic (exact) mass is 362 g/mol. The van der Waals surface area contributed by atoms with Crippen molar-refractivity contribution in [2.24, 2.45) is 5.41 Å². The van der Waals surface area contributed by atoms with Crippen molar-refractivity contribution in [3.63, 3.8) is 0 Å². The van der Waals surface area contributed by atoms with Gasteiger partial charge in [0.15, 0.2) is 0 Å². The number of hydrogen-bond acceptors (Lipinski definition) is 1. The number of benzene rings is 1. The Labute approximate surface area is 119 Å². The van der Waals surface area contributed by atoms with Crippen LogP contribution in [0.4, 0.5) is 0 Å². The highest BCUT2D eigenvalue weighted by molar-refractivity contribution is 9.10. The van der Waals surface area contributed by atoms with Crippen molar-refractivity contribution in [2.45, 2.75) is 30.6 Å². The second-order valence-corrected chi connectivity index (χ2v) is 7.11. The lowest BCUT2D eigenvalue weighted by molar-refractivity contribution is 0.405. The Bertz CT molecular complexity index is 346. The molecule has 0 heterocycles. The first-order valence-electron chi connectivity index (χ1n) is 5.68. The van der Waals surface area contributed by atoms with Crippen molar-refractivity contribution in [2.75, 3.05) is 11.1 Å². The van der Waals surface area contributed by atoms with Gasteiger partial charge in [-0.25, -0.2) is 0 Å². The van der Waals surface area contributed by atoms with Gasteiger partial charge in [-0.05, 0) is 36.5 Å². The highest BCUT2D eigenvalue weighted by atomic mass is 79.9. The lowest BCUT2D eigenvalue weighted by atomic mass is 9.92. The van der Waals surface area contributed by atoms with E-state index in [1.54, 1.807) is 0 Å². The molecule has 1 aromatic rings. The summed E-state index contributed by atoms with van der Waals surface area (Å²) in [6, 6.07) is 8.61. The third-order valence-electron chi connectivity index (χ3n) is 3.29. The predicted octanol–water partition coefficient (Wildman–Crippen LogP) is 5.50. The lowest BCUT2D eigenvalue weighted by Gasteiger charge is -2.25. The number of halogens is 2. The Morgan fingerprint density at radius 1 is 1.25 bits per heavy atom. The Kier molecular flexibility index (Phi) is 4.80. The number of alkyl halides is 1. The van der Waals surface area contributed by atoms with Gasteiger partial charge >= 0.3 is 0 Å². The Balaban J connectivity index is 1.95. The average Bonchev–Trinajstić information content (AvgIpc) is 2.76. The summed E-state index contributed by atoms with van der Waals surface area (Å²) < 4.78 is 1.18. The van der Waals surface area contributed by atoms with E-state index in [-0.39, 0.29) is 0 Å². The molecule has 0 atom stereocenters. The molecule has 1 aliphatic rings. The number of hydrogen-bond donors (Lipinski definition) is 0. The molecule has 88 valence electrons. The number of thioether (sulfide) groups is 1. The molecule has 1 saturated carbocycles. The van der Waals surface area contributed by atoms with Gasteiger partial charge in [-0.15, -0.1) is 11.8 Å². The fraction of sp³-hybridized carbons (Fsp3) is 0.538. The largest absolute Gasteiger partial charge is 0.126 e. The van der Waals surface area contributed by atoms with Crippen molar-refractivity contribution >= 4 is 43.6 Å². The molecule has 0 bridgehead atoms. The second-order valence-electron chi connectivity index (χ2n) is 4.59. The second kappa shape index (κ2) is 5.92. The van der Waals surface area contributed by atoms with Gasteiger partial charge in [0.1, 0.15) is 0 Å². The summed E-state index contributed by atoms with van der Waals surface area (Å²) in [4.78, 5) is 1.38. The molecular weight excluding hydrogens is 348 g/mol. The molecule has 0 unspecified atom stereocenters. The zero-order valence-electron chi connectivity index (χ0n) is 9.22. The minimum Gasteiger partial charge on any atom is -0.126 e. The summed E-state index contributed by atoms with van der Waals surface area (Å²) >= 11 is 9.22. The molecule has 0 nitrogen and oxygen atoms in total. The molecule has 0 spiro atoms. The topological polar surface area (TPSA) is 0 Å². The maximum absolute atomic E-state index is 3.70. The first-order chi connectivity index (χ1) is 7.74. The SMILES string of the molecule is BrCC1(CSc2cccc(Br)c2)CCCC1. The lowest BCUT2D eigenvalue weighted by Crippen LogP contribution is -2.21. The first kappa shape index (κ1) is 13.0. The fourth-order valence-corrected chi connectivity index (χ4v) is 5.06. The Hall–Kier alpha value is 0.530. The third kappa shape index (κ3) is 3.27. The van der Waals surface area contributed by atoms with Gasteiger partial charge in [0.2, 0.25) is 0 Å². The van der Waals surface area contributed by atoms with Crippen LogP contribution in [0.3, 0.4) is 0 Å². The zero-order valence-corrected chi connectivity index (χ0v) is 13.2. The minimum absolute atomic E-state index is 0.549. The van der Waals surface area contributed by atoms with E-state index in [0.29, 0.717) is 5.41 Å². The smallest absolute Gasteiger partial charge is 0.0186 e. The van der Waals surface area contributed by atoms with Crippen LogP contribution in [0.25, 0.3) is 0 Å². The third-order valence-corrected chi connectivity index (χ3v) is 6.32. The summed E-state index contributed by atoms with van der Waals surface area (Å²) in [7, 11) is 0. The first-order valence-corrected chi connectivity index (χ1v) is 8.58. The average molecular weight is 364 g/mol. The van der Waals surface area contributed by atoms with Crippen LogP contribution in [-0.4, -0.2) is 11.1 Å². The van der Waals surface area contributed by atoms with E-state index in [9.17, 15) is 0 Å². The standard InChI is InChI=1S/C13H16Br2S/c14-9-13(6-1-2-7-13)10-16-12-5-3-4-11(15)8-12/h3-5,8H,1-2,6-7,9-10H2. The van der Waals surface area contributed by atoms with Crippen molar-refractivity contribution in [1.29, 1.82) is 0 Å². The Morgan fingerprint density at radius 3 is 2.62 bits per heavy atom. The van der Waals surface area contributed by atoms with Crippen molar-refractivity contribution in [1.82, 2.24) is 0 Å². The van der Waals surface area contributed by atoms with Crippen LogP contribution >= 0.6 is 43.6 Å². The van der Waals surface area contributed by atoms with Gasteiger partial charge in [0, 0.05) is 20.5 Å². The molecule has 1 aromatic carbocycles. The minimum atomic E-state index is 0.549. The van der Waals surface area contributed by atoms with E-state index < -0.39 is 0 Å². The molecule has 0 aromatic heterocycles. The molecule has 0 radical (unpaired) electrons. The van der Waals surface area contributed by atoms with E-state index in [4.69, 9.17) is 0 Å².